The van der Waals surface area contributed by atoms with E-state index in [1.165, 1.54) is 0 Å². The fourth-order valence-corrected chi connectivity index (χ4v) is 0.624. The zero-order valence-corrected chi connectivity index (χ0v) is 7.75. The second kappa shape index (κ2) is 9.72. The highest BCUT2D eigenvalue weighted by atomic mass is 35.5. The molecule has 4 heteroatoms. The van der Waals surface area contributed by atoms with Crippen LogP contribution in [0.15, 0.2) is 0 Å². The van der Waals surface area contributed by atoms with Crippen LogP contribution in [0.1, 0.15) is 26.2 Å². The van der Waals surface area contributed by atoms with Crippen molar-refractivity contribution in [3.63, 3.8) is 0 Å². The van der Waals surface area contributed by atoms with Crippen molar-refractivity contribution in [1.29, 1.82) is 0 Å². The van der Waals surface area contributed by atoms with Crippen LogP contribution < -0.4 is 11.1 Å². The summed E-state index contributed by atoms with van der Waals surface area (Å²) in [6.07, 6.45) is 2.61. The van der Waals surface area contributed by atoms with Crippen molar-refractivity contribution in [3.8, 4) is 0 Å². The molecule has 3 nitrogen and oxygen atoms in total. The lowest BCUT2D eigenvalue weighted by atomic mass is 10.3. The van der Waals surface area contributed by atoms with Gasteiger partial charge in [0.1, 0.15) is 0 Å². The molecule has 0 heterocycles. The van der Waals surface area contributed by atoms with E-state index in [9.17, 15) is 4.79 Å². The van der Waals surface area contributed by atoms with Gasteiger partial charge in [-0.05, 0) is 6.42 Å². The van der Waals surface area contributed by atoms with Crippen molar-refractivity contribution in [3.05, 3.63) is 0 Å². The number of rotatable bonds is 5. The van der Waals surface area contributed by atoms with Gasteiger partial charge in [-0.25, -0.2) is 0 Å². The lowest BCUT2D eigenvalue weighted by molar-refractivity contribution is -0.120. The maximum atomic E-state index is 10.7. The molecule has 0 aromatic heterocycles. The van der Waals surface area contributed by atoms with Gasteiger partial charge in [0.25, 0.3) is 0 Å². The fraction of sp³-hybridized carbons (Fsp3) is 0.857. The maximum Gasteiger partial charge on any atom is 0.221 e. The number of nitrogens with one attached hydrogen (secondary N) is 1. The molecule has 0 saturated heterocycles. The molecule has 0 fully saturated rings. The highest BCUT2D eigenvalue weighted by Crippen LogP contribution is 1.83. The SMILES string of the molecule is CCCCNC(=O)CCN.Cl. The van der Waals surface area contributed by atoms with E-state index in [-0.39, 0.29) is 18.3 Å². The Labute approximate surface area is 74.1 Å². The van der Waals surface area contributed by atoms with Crippen molar-refractivity contribution in [1.82, 2.24) is 5.32 Å². The van der Waals surface area contributed by atoms with Crippen LogP contribution >= 0.6 is 12.4 Å². The highest BCUT2D eigenvalue weighted by molar-refractivity contribution is 5.85. The van der Waals surface area contributed by atoms with Crippen molar-refractivity contribution >= 4 is 18.3 Å². The Morgan fingerprint density at radius 1 is 1.55 bits per heavy atom. The maximum absolute atomic E-state index is 10.7. The van der Waals surface area contributed by atoms with E-state index in [0.717, 1.165) is 19.4 Å². The number of carbonyl (C=O) groups is 1. The van der Waals surface area contributed by atoms with Gasteiger partial charge in [-0.2, -0.15) is 0 Å². The Morgan fingerprint density at radius 2 is 2.18 bits per heavy atom. The Morgan fingerprint density at radius 3 is 2.64 bits per heavy atom. The smallest absolute Gasteiger partial charge is 0.221 e. The van der Waals surface area contributed by atoms with E-state index in [2.05, 4.69) is 12.2 Å². The van der Waals surface area contributed by atoms with Gasteiger partial charge >= 0.3 is 0 Å². The van der Waals surface area contributed by atoms with Crippen LogP contribution in [0.3, 0.4) is 0 Å². The van der Waals surface area contributed by atoms with Crippen LogP contribution in [0.4, 0.5) is 0 Å². The van der Waals surface area contributed by atoms with Crippen molar-refractivity contribution < 1.29 is 4.79 Å². The number of amides is 1. The Hall–Kier alpha value is -0.280. The number of hydrogen-bond acceptors (Lipinski definition) is 2. The predicted molar refractivity (Wildman–Crippen MR) is 48.8 cm³/mol. The first-order chi connectivity index (χ1) is 4.81. The van der Waals surface area contributed by atoms with Crippen LogP contribution in [0.5, 0.6) is 0 Å². The summed E-state index contributed by atoms with van der Waals surface area (Å²) < 4.78 is 0. The van der Waals surface area contributed by atoms with Crippen molar-refractivity contribution in [2.45, 2.75) is 26.2 Å². The average molecular weight is 181 g/mol. The lowest BCUT2D eigenvalue weighted by Gasteiger charge is -2.00. The molecule has 0 aliphatic carbocycles. The minimum Gasteiger partial charge on any atom is -0.356 e. The molecule has 0 spiro atoms. The molecule has 11 heavy (non-hydrogen) atoms. The molecule has 0 unspecified atom stereocenters. The zero-order valence-electron chi connectivity index (χ0n) is 6.93. The number of halogens is 1. The molecule has 0 radical (unpaired) electrons. The molecular formula is C7H17ClN2O. The second-order valence-corrected chi connectivity index (χ2v) is 2.24. The number of nitrogens with two attached hydrogens (primary N) is 1. The summed E-state index contributed by atoms with van der Waals surface area (Å²) >= 11 is 0. The van der Waals surface area contributed by atoms with Gasteiger partial charge in [0.2, 0.25) is 5.91 Å². The van der Waals surface area contributed by atoms with Gasteiger partial charge in [-0.3, -0.25) is 4.79 Å². The quantitative estimate of drug-likeness (QED) is 0.612. The Bertz CT molecular complexity index is 98.4. The van der Waals surface area contributed by atoms with E-state index < -0.39 is 0 Å². The van der Waals surface area contributed by atoms with E-state index in [0.29, 0.717) is 13.0 Å². The third kappa shape index (κ3) is 9.72. The van der Waals surface area contributed by atoms with E-state index in [1.54, 1.807) is 0 Å². The molecule has 0 saturated carbocycles. The molecular weight excluding hydrogens is 164 g/mol. The van der Waals surface area contributed by atoms with Gasteiger partial charge in [0, 0.05) is 19.5 Å². The van der Waals surface area contributed by atoms with Crippen LogP contribution in [0.25, 0.3) is 0 Å². The van der Waals surface area contributed by atoms with E-state index in [4.69, 9.17) is 5.73 Å². The molecule has 0 bridgehead atoms. The first-order valence-corrected chi connectivity index (χ1v) is 3.78. The van der Waals surface area contributed by atoms with E-state index >= 15 is 0 Å². The van der Waals surface area contributed by atoms with Gasteiger partial charge < -0.3 is 11.1 Å². The molecule has 1 amide bonds. The minimum atomic E-state index is 0. The second-order valence-electron chi connectivity index (χ2n) is 2.24. The van der Waals surface area contributed by atoms with Gasteiger partial charge in [-0.1, -0.05) is 13.3 Å². The normalized spacial score (nSPS) is 8.55. The fourth-order valence-electron chi connectivity index (χ4n) is 0.624. The van der Waals surface area contributed by atoms with E-state index in [1.807, 2.05) is 0 Å². The highest BCUT2D eigenvalue weighted by Gasteiger charge is 1.95. The average Bonchev–Trinajstić information content (AvgIpc) is 1.89. The van der Waals surface area contributed by atoms with Gasteiger partial charge in [0.15, 0.2) is 0 Å². The van der Waals surface area contributed by atoms with Crippen LogP contribution in [-0.2, 0) is 4.79 Å². The molecule has 3 N–H and O–H groups in total. The lowest BCUT2D eigenvalue weighted by Crippen LogP contribution is -2.26. The third-order valence-electron chi connectivity index (χ3n) is 1.22. The number of hydrogen-bond donors (Lipinski definition) is 2. The molecule has 0 atom stereocenters. The van der Waals surface area contributed by atoms with Gasteiger partial charge in [-0.15, -0.1) is 12.4 Å². The van der Waals surface area contributed by atoms with Crippen LogP contribution in [0, 0.1) is 0 Å². The number of carbonyl (C=O) groups excluding carboxylic acids is 1. The summed E-state index contributed by atoms with van der Waals surface area (Å²) in [6, 6.07) is 0. The molecule has 0 aliphatic rings. The summed E-state index contributed by atoms with van der Waals surface area (Å²) in [5.41, 5.74) is 5.17. The van der Waals surface area contributed by atoms with Crippen LogP contribution in [0.2, 0.25) is 0 Å². The largest absolute Gasteiger partial charge is 0.356 e. The van der Waals surface area contributed by atoms with Crippen molar-refractivity contribution in [2.75, 3.05) is 13.1 Å². The summed E-state index contributed by atoms with van der Waals surface area (Å²) in [5, 5.41) is 2.77. The standard InChI is InChI=1S/C7H16N2O.ClH/c1-2-3-6-9-7(10)4-5-8;/h2-6,8H2,1H3,(H,9,10);1H. The minimum absolute atomic E-state index is 0. The molecule has 0 aromatic rings. The van der Waals surface area contributed by atoms with Crippen molar-refractivity contribution in [2.24, 2.45) is 5.73 Å². The predicted octanol–water partition coefficient (Wildman–Crippen LogP) is 0.673. The molecule has 0 rings (SSSR count). The summed E-state index contributed by atoms with van der Waals surface area (Å²) in [4.78, 5) is 10.7. The monoisotopic (exact) mass is 180 g/mol. The topological polar surface area (TPSA) is 55.1 Å². The summed E-state index contributed by atoms with van der Waals surface area (Å²) in [6.45, 7) is 3.32. The summed E-state index contributed by atoms with van der Waals surface area (Å²) in [5.74, 6) is 0.0657. The molecule has 0 aliphatic heterocycles. The van der Waals surface area contributed by atoms with Crippen LogP contribution in [-0.4, -0.2) is 19.0 Å². The summed E-state index contributed by atoms with van der Waals surface area (Å²) in [7, 11) is 0. The Kier molecular flexibility index (Phi) is 11.8. The third-order valence-corrected chi connectivity index (χ3v) is 1.22. The first-order valence-electron chi connectivity index (χ1n) is 3.78. The zero-order chi connectivity index (χ0) is 7.82. The first kappa shape index (κ1) is 13.3. The van der Waals surface area contributed by atoms with Gasteiger partial charge in [0.05, 0.1) is 0 Å². The Balaban J connectivity index is 0. The number of unbranched alkanes of at least 4 members (excludes halogenated alkanes) is 1. The molecule has 68 valence electrons. The molecule has 0 aromatic carbocycles.